The topological polar surface area (TPSA) is 69.6 Å². The Morgan fingerprint density at radius 2 is 1.95 bits per heavy atom. The van der Waals surface area contributed by atoms with Crippen LogP contribution in [0.3, 0.4) is 0 Å². The number of nitrogens with zero attached hydrogens (tertiary/aromatic N) is 1. The molecule has 1 amide bonds. The number of carbonyl (C=O) groups is 2. The normalized spacial score (nSPS) is 11.4. The van der Waals surface area contributed by atoms with Gasteiger partial charge in [-0.2, -0.15) is 0 Å². The molecule has 1 aromatic carbocycles. The van der Waals surface area contributed by atoms with Crippen molar-refractivity contribution in [2.24, 2.45) is 0 Å². The summed E-state index contributed by atoms with van der Waals surface area (Å²) < 4.78 is 0.869. The Morgan fingerprint density at radius 3 is 2.45 bits per heavy atom. The van der Waals surface area contributed by atoms with E-state index in [4.69, 9.17) is 5.11 Å². The molecule has 0 radical (unpaired) electrons. The SMILES string of the molecule is CC(C)(C)N(CC(=O)O)CC(=O)Nc1cccc(Br)c1. The molecule has 0 bridgehead atoms. The molecule has 0 saturated carbocycles. The van der Waals surface area contributed by atoms with Gasteiger partial charge in [-0.25, -0.2) is 0 Å². The van der Waals surface area contributed by atoms with E-state index in [0.717, 1.165) is 4.47 Å². The van der Waals surface area contributed by atoms with E-state index >= 15 is 0 Å². The maximum atomic E-state index is 12.0. The van der Waals surface area contributed by atoms with Crippen molar-refractivity contribution in [2.75, 3.05) is 18.4 Å². The number of benzene rings is 1. The summed E-state index contributed by atoms with van der Waals surface area (Å²) in [5.41, 5.74) is 0.279. The summed E-state index contributed by atoms with van der Waals surface area (Å²) in [4.78, 5) is 24.5. The number of aliphatic carboxylic acids is 1. The van der Waals surface area contributed by atoms with Crippen molar-refractivity contribution < 1.29 is 14.7 Å². The van der Waals surface area contributed by atoms with E-state index in [0.29, 0.717) is 5.69 Å². The van der Waals surface area contributed by atoms with E-state index in [1.54, 1.807) is 17.0 Å². The summed E-state index contributed by atoms with van der Waals surface area (Å²) >= 11 is 3.33. The predicted octanol–water partition coefficient (Wildman–Crippen LogP) is 2.57. The largest absolute Gasteiger partial charge is 0.480 e. The highest BCUT2D eigenvalue weighted by Crippen LogP contribution is 2.16. The van der Waals surface area contributed by atoms with Gasteiger partial charge >= 0.3 is 5.97 Å². The van der Waals surface area contributed by atoms with Gasteiger partial charge in [0.15, 0.2) is 0 Å². The smallest absolute Gasteiger partial charge is 0.317 e. The lowest BCUT2D eigenvalue weighted by atomic mass is 10.1. The number of carbonyl (C=O) groups excluding carboxylic acids is 1. The average molecular weight is 343 g/mol. The second kappa shape index (κ2) is 6.85. The van der Waals surface area contributed by atoms with Crippen LogP contribution in [0.4, 0.5) is 5.69 Å². The van der Waals surface area contributed by atoms with Gasteiger partial charge in [-0.15, -0.1) is 0 Å². The van der Waals surface area contributed by atoms with Crippen molar-refractivity contribution in [3.05, 3.63) is 28.7 Å². The summed E-state index contributed by atoms with van der Waals surface area (Å²) in [5.74, 6) is -1.19. The first kappa shape index (κ1) is 16.7. The number of nitrogens with one attached hydrogen (secondary N) is 1. The van der Waals surface area contributed by atoms with Crippen molar-refractivity contribution in [1.82, 2.24) is 4.90 Å². The summed E-state index contributed by atoms with van der Waals surface area (Å²) in [6.07, 6.45) is 0. The molecule has 0 saturated heterocycles. The number of anilines is 1. The number of amides is 1. The Hall–Kier alpha value is -1.40. The summed E-state index contributed by atoms with van der Waals surface area (Å²) in [6.45, 7) is 5.49. The lowest BCUT2D eigenvalue weighted by molar-refractivity contribution is -0.140. The lowest BCUT2D eigenvalue weighted by Gasteiger charge is -2.33. The van der Waals surface area contributed by atoms with Gasteiger partial charge in [-0.3, -0.25) is 14.5 Å². The van der Waals surface area contributed by atoms with Crippen LogP contribution in [0.2, 0.25) is 0 Å². The number of rotatable bonds is 5. The van der Waals surface area contributed by atoms with Crippen LogP contribution in [0.1, 0.15) is 20.8 Å². The van der Waals surface area contributed by atoms with Crippen LogP contribution in [0.5, 0.6) is 0 Å². The summed E-state index contributed by atoms with van der Waals surface area (Å²) in [6, 6.07) is 7.25. The molecule has 0 aliphatic heterocycles. The number of hydrogen-bond donors (Lipinski definition) is 2. The first-order valence-corrected chi connectivity index (χ1v) is 7.00. The van der Waals surface area contributed by atoms with Crippen molar-refractivity contribution >= 4 is 33.5 Å². The Bertz CT molecular complexity index is 497. The van der Waals surface area contributed by atoms with E-state index in [2.05, 4.69) is 21.2 Å². The molecule has 0 aliphatic rings. The van der Waals surface area contributed by atoms with Crippen molar-refractivity contribution in [3.63, 3.8) is 0 Å². The van der Waals surface area contributed by atoms with Crippen molar-refractivity contribution in [1.29, 1.82) is 0 Å². The van der Waals surface area contributed by atoms with Crippen LogP contribution in [0, 0.1) is 0 Å². The standard InChI is InChI=1S/C14H19BrN2O3/c1-14(2,3)17(9-13(19)20)8-12(18)16-11-6-4-5-10(15)7-11/h4-7H,8-9H2,1-3H3,(H,16,18)(H,19,20). The summed E-state index contributed by atoms with van der Waals surface area (Å²) in [7, 11) is 0. The van der Waals surface area contributed by atoms with Crippen molar-refractivity contribution in [3.8, 4) is 0 Å². The van der Waals surface area contributed by atoms with E-state index in [-0.39, 0.29) is 19.0 Å². The van der Waals surface area contributed by atoms with Gasteiger partial charge in [0.05, 0.1) is 13.1 Å². The predicted molar refractivity (Wildman–Crippen MR) is 81.7 cm³/mol. The van der Waals surface area contributed by atoms with Gasteiger partial charge in [0.1, 0.15) is 0 Å². The minimum absolute atomic E-state index is 0.0301. The maximum absolute atomic E-state index is 12.0. The fourth-order valence-corrected chi connectivity index (χ4v) is 2.03. The van der Waals surface area contributed by atoms with E-state index < -0.39 is 11.5 Å². The molecule has 0 heterocycles. The van der Waals surface area contributed by atoms with Gasteiger partial charge in [0.25, 0.3) is 0 Å². The molecular formula is C14H19BrN2O3. The van der Waals surface area contributed by atoms with Crippen LogP contribution in [0.25, 0.3) is 0 Å². The van der Waals surface area contributed by atoms with Gasteiger partial charge in [-0.1, -0.05) is 22.0 Å². The van der Waals surface area contributed by atoms with Gasteiger partial charge in [0, 0.05) is 15.7 Å². The quantitative estimate of drug-likeness (QED) is 0.862. The van der Waals surface area contributed by atoms with Crippen molar-refractivity contribution in [2.45, 2.75) is 26.3 Å². The van der Waals surface area contributed by atoms with E-state index in [9.17, 15) is 9.59 Å². The molecule has 110 valence electrons. The highest BCUT2D eigenvalue weighted by Gasteiger charge is 2.25. The third kappa shape index (κ3) is 5.71. The maximum Gasteiger partial charge on any atom is 0.317 e. The zero-order chi connectivity index (χ0) is 15.3. The third-order valence-electron chi connectivity index (χ3n) is 2.72. The van der Waals surface area contributed by atoms with Crippen LogP contribution >= 0.6 is 15.9 Å². The van der Waals surface area contributed by atoms with Crippen LogP contribution in [0.15, 0.2) is 28.7 Å². The minimum atomic E-state index is -0.949. The molecule has 0 aromatic heterocycles. The third-order valence-corrected chi connectivity index (χ3v) is 3.21. The molecule has 0 aliphatic carbocycles. The number of halogens is 1. The summed E-state index contributed by atoms with van der Waals surface area (Å²) in [5, 5.41) is 11.7. The molecule has 0 atom stereocenters. The number of carboxylic acid groups (broad SMARTS) is 1. The Morgan fingerprint density at radius 1 is 1.30 bits per heavy atom. The number of hydrogen-bond acceptors (Lipinski definition) is 3. The molecule has 6 heteroatoms. The molecule has 1 aromatic rings. The van der Waals surface area contributed by atoms with E-state index in [1.165, 1.54) is 0 Å². The fraction of sp³-hybridized carbons (Fsp3) is 0.429. The van der Waals surface area contributed by atoms with Crippen LogP contribution < -0.4 is 5.32 Å². The Kier molecular flexibility index (Phi) is 5.71. The van der Waals surface area contributed by atoms with Gasteiger partial charge in [-0.05, 0) is 39.0 Å². The van der Waals surface area contributed by atoms with Gasteiger partial charge in [0.2, 0.25) is 5.91 Å². The minimum Gasteiger partial charge on any atom is -0.480 e. The first-order valence-electron chi connectivity index (χ1n) is 6.21. The average Bonchev–Trinajstić information content (AvgIpc) is 2.26. The molecule has 5 nitrogen and oxygen atoms in total. The molecular weight excluding hydrogens is 324 g/mol. The molecule has 0 spiro atoms. The first-order chi connectivity index (χ1) is 9.18. The molecule has 1 rings (SSSR count). The molecule has 20 heavy (non-hydrogen) atoms. The molecule has 0 fully saturated rings. The number of carboxylic acids is 1. The second-order valence-electron chi connectivity index (χ2n) is 5.48. The fourth-order valence-electron chi connectivity index (χ4n) is 1.63. The highest BCUT2D eigenvalue weighted by atomic mass is 79.9. The zero-order valence-electron chi connectivity index (χ0n) is 11.8. The van der Waals surface area contributed by atoms with Crippen LogP contribution in [-0.4, -0.2) is 40.5 Å². The Balaban J connectivity index is 2.69. The highest BCUT2D eigenvalue weighted by molar-refractivity contribution is 9.10. The zero-order valence-corrected chi connectivity index (χ0v) is 13.4. The second-order valence-corrected chi connectivity index (χ2v) is 6.39. The monoisotopic (exact) mass is 342 g/mol. The molecule has 0 unspecified atom stereocenters. The molecule has 2 N–H and O–H groups in total. The van der Waals surface area contributed by atoms with Gasteiger partial charge < -0.3 is 10.4 Å². The lowest BCUT2D eigenvalue weighted by Crippen LogP contribution is -2.48. The van der Waals surface area contributed by atoms with E-state index in [1.807, 2.05) is 32.9 Å². The Labute approximate surface area is 127 Å². The van der Waals surface area contributed by atoms with Crippen LogP contribution in [-0.2, 0) is 9.59 Å².